The molecule has 1 aromatic rings. The van der Waals surface area contributed by atoms with Gasteiger partial charge in [0.1, 0.15) is 5.75 Å². The van der Waals surface area contributed by atoms with Gasteiger partial charge in [-0.05, 0) is 31.9 Å². The van der Waals surface area contributed by atoms with Crippen LogP contribution >= 0.6 is 0 Å². The second-order valence-electron chi connectivity index (χ2n) is 4.25. The van der Waals surface area contributed by atoms with Gasteiger partial charge in [-0.3, -0.25) is 0 Å². The summed E-state index contributed by atoms with van der Waals surface area (Å²) in [6.07, 6.45) is 9.58. The molecular formula is C16H18O. The van der Waals surface area contributed by atoms with E-state index in [1.54, 1.807) is 6.07 Å². The van der Waals surface area contributed by atoms with E-state index < -0.39 is 0 Å². The van der Waals surface area contributed by atoms with Crippen molar-refractivity contribution in [3.8, 4) is 5.75 Å². The summed E-state index contributed by atoms with van der Waals surface area (Å²) in [5.41, 5.74) is 3.60. The zero-order valence-corrected chi connectivity index (χ0v) is 10.4. The maximum atomic E-state index is 10.0. The van der Waals surface area contributed by atoms with Gasteiger partial charge in [0.25, 0.3) is 0 Å². The molecule has 0 heterocycles. The molecule has 0 bridgehead atoms. The number of allylic oxidation sites excluding steroid dienone is 6. The van der Waals surface area contributed by atoms with Gasteiger partial charge < -0.3 is 5.11 Å². The Balaban J connectivity index is 2.54. The van der Waals surface area contributed by atoms with Crippen LogP contribution in [0, 0.1) is 0 Å². The van der Waals surface area contributed by atoms with Gasteiger partial charge >= 0.3 is 0 Å². The van der Waals surface area contributed by atoms with E-state index in [0.717, 1.165) is 12.0 Å². The van der Waals surface area contributed by atoms with Crippen molar-refractivity contribution in [3.05, 3.63) is 65.3 Å². The smallest absolute Gasteiger partial charge is 0.119 e. The van der Waals surface area contributed by atoms with Crippen LogP contribution in [0.4, 0.5) is 0 Å². The van der Waals surface area contributed by atoms with Crippen LogP contribution in [0.5, 0.6) is 5.75 Å². The molecule has 0 saturated heterocycles. The van der Waals surface area contributed by atoms with E-state index in [4.69, 9.17) is 0 Å². The fraction of sp³-hybridized carbons (Fsp3) is 0.250. The third-order valence-electron chi connectivity index (χ3n) is 3.32. The number of phenols is 1. The Morgan fingerprint density at radius 1 is 1.18 bits per heavy atom. The first-order valence-electron chi connectivity index (χ1n) is 6.03. The van der Waals surface area contributed by atoms with Crippen LogP contribution in [0.2, 0.25) is 0 Å². The van der Waals surface area contributed by atoms with Gasteiger partial charge in [-0.15, -0.1) is 0 Å². The van der Waals surface area contributed by atoms with E-state index in [1.807, 2.05) is 25.1 Å². The first-order chi connectivity index (χ1) is 8.27. The zero-order valence-electron chi connectivity index (χ0n) is 10.4. The van der Waals surface area contributed by atoms with Crippen molar-refractivity contribution in [1.82, 2.24) is 0 Å². The number of hydrogen-bond donors (Lipinski definition) is 1. The molecule has 0 aliphatic heterocycles. The molecule has 1 N–H and O–H groups in total. The van der Waals surface area contributed by atoms with Crippen molar-refractivity contribution in [2.24, 2.45) is 0 Å². The molecule has 2 rings (SSSR count). The third kappa shape index (κ3) is 2.19. The number of aromatic hydroxyl groups is 1. The normalized spacial score (nSPS) is 24.5. The van der Waals surface area contributed by atoms with Gasteiger partial charge in [-0.2, -0.15) is 0 Å². The Bertz CT molecular complexity index is 492. The zero-order chi connectivity index (χ0) is 12.3. The van der Waals surface area contributed by atoms with Crippen LogP contribution < -0.4 is 0 Å². The summed E-state index contributed by atoms with van der Waals surface area (Å²) in [4.78, 5) is 0. The highest BCUT2D eigenvalue weighted by Crippen LogP contribution is 2.41. The SMILES string of the molecule is CC=C1C=CCC(=CC)C1c1ccccc1O. The van der Waals surface area contributed by atoms with Gasteiger partial charge in [-0.1, -0.05) is 48.1 Å². The molecule has 17 heavy (non-hydrogen) atoms. The van der Waals surface area contributed by atoms with Crippen LogP contribution in [0.15, 0.2) is 59.7 Å². The summed E-state index contributed by atoms with van der Waals surface area (Å²) in [7, 11) is 0. The summed E-state index contributed by atoms with van der Waals surface area (Å²) in [6.45, 7) is 4.11. The fourth-order valence-electron chi connectivity index (χ4n) is 2.42. The minimum atomic E-state index is 0.205. The molecule has 1 nitrogen and oxygen atoms in total. The van der Waals surface area contributed by atoms with Crippen molar-refractivity contribution in [2.75, 3.05) is 0 Å². The largest absolute Gasteiger partial charge is 0.508 e. The van der Waals surface area contributed by atoms with E-state index in [2.05, 4.69) is 31.2 Å². The Morgan fingerprint density at radius 2 is 1.94 bits per heavy atom. The van der Waals surface area contributed by atoms with Crippen LogP contribution in [0.25, 0.3) is 0 Å². The summed E-state index contributed by atoms with van der Waals surface area (Å²) in [5, 5.41) is 10.0. The lowest BCUT2D eigenvalue weighted by Crippen LogP contribution is -2.08. The van der Waals surface area contributed by atoms with Crippen molar-refractivity contribution < 1.29 is 5.11 Å². The van der Waals surface area contributed by atoms with Gasteiger partial charge in [0.15, 0.2) is 0 Å². The predicted octanol–water partition coefficient (Wildman–Crippen LogP) is 4.33. The van der Waals surface area contributed by atoms with Gasteiger partial charge in [0, 0.05) is 11.5 Å². The Hall–Kier alpha value is -1.76. The summed E-state index contributed by atoms with van der Waals surface area (Å²) >= 11 is 0. The summed E-state index contributed by atoms with van der Waals surface area (Å²) in [5.74, 6) is 0.586. The first-order valence-corrected chi connectivity index (χ1v) is 6.03. The predicted molar refractivity (Wildman–Crippen MR) is 72.1 cm³/mol. The highest BCUT2D eigenvalue weighted by atomic mass is 16.3. The van der Waals surface area contributed by atoms with E-state index in [1.165, 1.54) is 11.1 Å². The lowest BCUT2D eigenvalue weighted by molar-refractivity contribution is 0.466. The Labute approximate surface area is 103 Å². The highest BCUT2D eigenvalue weighted by molar-refractivity contribution is 5.51. The number of benzene rings is 1. The standard InChI is InChI=1S/C16H18O/c1-3-12-8-7-9-13(4-2)16(12)14-10-5-6-11-15(14)17/h3-8,10-11,16-17H,9H2,1-2H3. The van der Waals surface area contributed by atoms with E-state index in [9.17, 15) is 5.11 Å². The lowest BCUT2D eigenvalue weighted by Gasteiger charge is -2.25. The molecule has 1 heteroatoms. The van der Waals surface area contributed by atoms with Crippen LogP contribution in [0.1, 0.15) is 31.7 Å². The van der Waals surface area contributed by atoms with Crippen molar-refractivity contribution in [2.45, 2.75) is 26.2 Å². The minimum absolute atomic E-state index is 0.205. The summed E-state index contributed by atoms with van der Waals surface area (Å²) in [6, 6.07) is 7.61. The average Bonchev–Trinajstić information content (AvgIpc) is 2.38. The summed E-state index contributed by atoms with van der Waals surface area (Å²) < 4.78 is 0. The second kappa shape index (κ2) is 5.05. The van der Waals surface area contributed by atoms with Gasteiger partial charge in [-0.25, -0.2) is 0 Å². The van der Waals surface area contributed by atoms with Crippen LogP contribution in [-0.4, -0.2) is 5.11 Å². The molecule has 1 aromatic carbocycles. The molecule has 1 unspecified atom stereocenters. The number of hydrogen-bond acceptors (Lipinski definition) is 1. The van der Waals surface area contributed by atoms with E-state index in [-0.39, 0.29) is 5.92 Å². The Kier molecular flexibility index (Phi) is 3.48. The monoisotopic (exact) mass is 226 g/mol. The Morgan fingerprint density at radius 3 is 2.59 bits per heavy atom. The van der Waals surface area contributed by atoms with E-state index >= 15 is 0 Å². The number of para-hydroxylation sites is 1. The quantitative estimate of drug-likeness (QED) is 0.707. The molecule has 0 saturated carbocycles. The maximum absolute atomic E-state index is 10.0. The minimum Gasteiger partial charge on any atom is -0.508 e. The second-order valence-corrected chi connectivity index (χ2v) is 4.25. The first kappa shape index (κ1) is 11.7. The van der Waals surface area contributed by atoms with Crippen LogP contribution in [-0.2, 0) is 0 Å². The third-order valence-corrected chi connectivity index (χ3v) is 3.32. The molecule has 0 fully saturated rings. The molecule has 0 amide bonds. The molecular weight excluding hydrogens is 208 g/mol. The molecule has 1 aliphatic carbocycles. The highest BCUT2D eigenvalue weighted by Gasteiger charge is 2.23. The van der Waals surface area contributed by atoms with Crippen LogP contribution in [0.3, 0.4) is 0 Å². The van der Waals surface area contributed by atoms with Crippen molar-refractivity contribution in [3.63, 3.8) is 0 Å². The molecule has 0 aromatic heterocycles. The fourth-order valence-corrected chi connectivity index (χ4v) is 2.42. The maximum Gasteiger partial charge on any atom is 0.119 e. The van der Waals surface area contributed by atoms with Crippen molar-refractivity contribution >= 4 is 0 Å². The average molecular weight is 226 g/mol. The van der Waals surface area contributed by atoms with E-state index in [0.29, 0.717) is 5.75 Å². The van der Waals surface area contributed by atoms with Crippen molar-refractivity contribution in [1.29, 1.82) is 0 Å². The molecule has 1 aliphatic rings. The molecule has 1 atom stereocenters. The molecule has 0 radical (unpaired) electrons. The molecule has 0 spiro atoms. The van der Waals surface area contributed by atoms with Gasteiger partial charge in [0.05, 0.1) is 0 Å². The lowest BCUT2D eigenvalue weighted by atomic mass is 9.79. The number of rotatable bonds is 1. The van der Waals surface area contributed by atoms with Gasteiger partial charge in [0.2, 0.25) is 0 Å². The topological polar surface area (TPSA) is 20.2 Å². The number of phenolic OH excluding ortho intramolecular Hbond substituents is 1. The molecule has 88 valence electrons.